The number of benzene rings is 6. The number of carbonyl (C=O) groups is 3. The standard InChI is InChI=1S/C24H21FN4O5S2.C23H18BrFN4O3S.C23H18FIN4O3S/c1-35(31,32)18-12-19(20-14-27-29(21(20)13-18)17-5-3-16(25)4-6-17)23(30)28-24(8-9-24)15-7-10-26-22(11-15)36(2,33)34;1-33(31,32)21-10-14(6-9-26-21)23(7-8-23)28-22(30)18-11-15(24)12-20-19(18)13-27-29(20)17-4-2-16(25)3-5-17;1-33(31,32)21-10-14(6-9-26-21)23(7-8-23)28-22(30)18-11-16(25)12-20-19(18)13-27-29(20)17-4-2-15(24)3-5-17/h3-7,10-14H,8-9H2,1-2H3,(H,28,30);2*2-6,9-13H,7-8H2,1H3,(H,28,30). The normalized spacial score (nSPS) is 15.0. The van der Waals surface area contributed by atoms with Gasteiger partial charge in [0.25, 0.3) is 17.7 Å². The van der Waals surface area contributed by atoms with Gasteiger partial charge in [0.05, 0.1) is 90.4 Å². The van der Waals surface area contributed by atoms with E-state index in [1.165, 1.54) is 108 Å². The van der Waals surface area contributed by atoms with Crippen LogP contribution >= 0.6 is 38.5 Å². The number of aromatic nitrogens is 9. The van der Waals surface area contributed by atoms with E-state index < -0.39 is 67.7 Å². The molecule has 6 aromatic heterocycles. The van der Waals surface area contributed by atoms with Crippen LogP contribution in [0.1, 0.15) is 86.3 Å². The van der Waals surface area contributed by atoms with E-state index in [-0.39, 0.29) is 49.0 Å². The number of pyridine rings is 3. The molecular formula is C70H57BrF3IN12O11S4. The number of rotatable bonds is 16. The Morgan fingerprint density at radius 1 is 0.412 bits per heavy atom. The van der Waals surface area contributed by atoms with Crippen LogP contribution in [0.5, 0.6) is 0 Å². The van der Waals surface area contributed by atoms with Crippen molar-refractivity contribution in [2.45, 2.75) is 75.1 Å². The Labute approximate surface area is 604 Å². The molecule has 3 saturated carbocycles. The van der Waals surface area contributed by atoms with Gasteiger partial charge in [0.1, 0.15) is 17.5 Å². The third kappa shape index (κ3) is 14.7. The number of carbonyl (C=O) groups excluding carboxylic acids is 3. The fraction of sp³-hybridized carbons (Fsp3) is 0.186. The number of fused-ring (bicyclic) bond motifs is 3. The summed E-state index contributed by atoms with van der Waals surface area (Å²) >= 11 is 5.62. The quantitative estimate of drug-likeness (QED) is 0.0757. The second kappa shape index (κ2) is 26.6. The van der Waals surface area contributed by atoms with Crippen molar-refractivity contribution < 1.29 is 61.2 Å². The van der Waals surface area contributed by atoms with Crippen molar-refractivity contribution >= 4 is 128 Å². The number of hydrogen-bond donors (Lipinski definition) is 3. The molecule has 0 spiro atoms. The van der Waals surface area contributed by atoms with Gasteiger partial charge >= 0.3 is 0 Å². The Balaban J connectivity index is 0.000000137. The fourth-order valence-corrected chi connectivity index (χ4v) is 15.3. The summed E-state index contributed by atoms with van der Waals surface area (Å²) in [7, 11) is -14.2. The number of halogens is 5. The summed E-state index contributed by atoms with van der Waals surface area (Å²) in [5.41, 5.74) is 4.59. The van der Waals surface area contributed by atoms with Crippen LogP contribution in [0.4, 0.5) is 13.2 Å². The summed E-state index contributed by atoms with van der Waals surface area (Å²) in [6.45, 7) is 0. The predicted octanol–water partition coefficient (Wildman–Crippen LogP) is 10.9. The maximum Gasteiger partial charge on any atom is 0.252 e. The lowest BCUT2D eigenvalue weighted by Gasteiger charge is -2.19. The van der Waals surface area contributed by atoms with Crippen molar-refractivity contribution in [3.8, 4) is 17.1 Å². The van der Waals surface area contributed by atoms with Crippen LogP contribution < -0.4 is 16.0 Å². The average Bonchev–Trinajstić information content (AvgIpc) is 1.60. The van der Waals surface area contributed by atoms with Crippen LogP contribution in [0.2, 0.25) is 0 Å². The number of amides is 3. The van der Waals surface area contributed by atoms with Gasteiger partial charge in [-0.2, -0.15) is 15.3 Å². The fourth-order valence-electron chi connectivity index (χ4n) is 11.8. The number of hydrogen-bond acceptors (Lipinski definition) is 17. The molecule has 0 bridgehead atoms. The molecule has 6 heterocycles. The first-order valence-electron chi connectivity index (χ1n) is 31.0. The highest BCUT2D eigenvalue weighted by atomic mass is 127. The molecule has 3 amide bonds. The largest absolute Gasteiger partial charge is 0.342 e. The van der Waals surface area contributed by atoms with Gasteiger partial charge < -0.3 is 16.0 Å². The molecule has 3 aliphatic rings. The monoisotopic (exact) mass is 1630 g/mol. The maximum atomic E-state index is 13.5. The summed E-state index contributed by atoms with van der Waals surface area (Å²) in [6.07, 6.45) is 17.2. The zero-order valence-corrected chi connectivity index (χ0v) is 61.1. The summed E-state index contributed by atoms with van der Waals surface area (Å²) in [4.78, 5) is 52.0. The summed E-state index contributed by atoms with van der Waals surface area (Å²) in [6, 6.07) is 37.0. The molecule has 15 rings (SSSR count). The molecule has 32 heteroatoms. The average molecular weight is 1630 g/mol. The van der Waals surface area contributed by atoms with Crippen molar-refractivity contribution in [3.05, 3.63) is 242 Å². The minimum Gasteiger partial charge on any atom is -0.342 e. The van der Waals surface area contributed by atoms with Gasteiger partial charge in [-0.05, 0) is 223 Å². The highest BCUT2D eigenvalue weighted by Crippen LogP contribution is 2.49. The number of sulfone groups is 4. The Hall–Kier alpha value is -9.61. The zero-order valence-electron chi connectivity index (χ0n) is 54.1. The van der Waals surface area contributed by atoms with E-state index in [0.29, 0.717) is 110 Å². The smallest absolute Gasteiger partial charge is 0.252 e. The third-order valence-corrected chi connectivity index (χ3v) is 22.8. The van der Waals surface area contributed by atoms with Gasteiger partial charge in [0, 0.05) is 67.8 Å². The Morgan fingerprint density at radius 2 is 0.716 bits per heavy atom. The van der Waals surface area contributed by atoms with E-state index in [1.54, 1.807) is 76.4 Å². The van der Waals surface area contributed by atoms with Gasteiger partial charge in [-0.15, -0.1) is 0 Å². The van der Waals surface area contributed by atoms with Crippen molar-refractivity contribution in [1.29, 1.82) is 0 Å². The molecule has 0 radical (unpaired) electrons. The van der Waals surface area contributed by atoms with Crippen LogP contribution in [-0.4, -0.2) is 121 Å². The van der Waals surface area contributed by atoms with Gasteiger partial charge in [0.15, 0.2) is 54.4 Å². The van der Waals surface area contributed by atoms with E-state index in [9.17, 15) is 61.2 Å². The van der Waals surface area contributed by atoms with E-state index in [2.05, 4.69) is 84.7 Å². The van der Waals surface area contributed by atoms with Gasteiger partial charge in [0.2, 0.25) is 0 Å². The number of nitrogens with zero attached hydrogens (tertiary/aromatic N) is 9. The molecule has 3 N–H and O–H groups in total. The van der Waals surface area contributed by atoms with Gasteiger partial charge in [-0.3, -0.25) is 14.4 Å². The van der Waals surface area contributed by atoms with E-state index >= 15 is 0 Å². The Morgan fingerprint density at radius 3 is 1.03 bits per heavy atom. The summed E-state index contributed by atoms with van der Waals surface area (Å²) in [5.74, 6) is -2.21. The first-order chi connectivity index (χ1) is 48.2. The lowest BCUT2D eigenvalue weighted by Crippen LogP contribution is -2.35. The number of nitrogens with one attached hydrogen (secondary N) is 3. The van der Waals surface area contributed by atoms with Crippen LogP contribution in [0.3, 0.4) is 0 Å². The van der Waals surface area contributed by atoms with Crippen LogP contribution in [-0.2, 0) is 56.0 Å². The highest BCUT2D eigenvalue weighted by Gasteiger charge is 2.49. The Kier molecular flexibility index (Phi) is 18.5. The van der Waals surface area contributed by atoms with Crippen molar-refractivity contribution in [2.75, 3.05) is 25.0 Å². The first-order valence-corrected chi connectivity index (χ1v) is 40.5. The molecule has 0 atom stereocenters. The molecule has 3 aliphatic carbocycles. The lowest BCUT2D eigenvalue weighted by atomic mass is 10.0. The second-order valence-electron chi connectivity index (χ2n) is 25.1. The molecule has 0 unspecified atom stereocenters. The van der Waals surface area contributed by atoms with Crippen LogP contribution in [0.25, 0.3) is 49.8 Å². The predicted molar refractivity (Wildman–Crippen MR) is 384 cm³/mol. The molecule has 0 aliphatic heterocycles. The minimum atomic E-state index is -3.69. The topological polar surface area (TPSA) is 316 Å². The minimum absolute atomic E-state index is 0.0160. The summed E-state index contributed by atoms with van der Waals surface area (Å²) in [5, 5.41) is 23.9. The maximum absolute atomic E-state index is 13.5. The SMILES string of the molecule is CS(=O)(=O)c1cc(C(=O)NC2(c3ccnc(S(C)(=O)=O)c3)CC2)c2cnn(-c3ccc(F)cc3)c2c1.CS(=O)(=O)c1cc(C2(NC(=O)c3cc(Br)cc4c3cnn4-c3ccc(F)cc3)CC2)ccn1.CS(=O)(=O)c1cc(C2(NC(=O)c3cc(I)cc4c3cnn4-c3ccc(F)cc3)CC2)ccn1. The van der Waals surface area contributed by atoms with Crippen molar-refractivity contribution in [1.82, 2.24) is 60.2 Å². The molecule has 0 saturated heterocycles. The van der Waals surface area contributed by atoms with Crippen LogP contribution in [0.15, 0.2) is 207 Å². The molecule has 12 aromatic rings. The molecule has 3 fully saturated rings. The highest BCUT2D eigenvalue weighted by molar-refractivity contribution is 14.1. The van der Waals surface area contributed by atoms with Crippen molar-refractivity contribution in [3.63, 3.8) is 0 Å². The zero-order chi connectivity index (χ0) is 72.6. The first kappa shape index (κ1) is 70.8. The van der Waals surface area contributed by atoms with Gasteiger partial charge in [-0.25, -0.2) is 75.8 Å². The molecule has 6 aromatic carbocycles. The molecule has 102 heavy (non-hydrogen) atoms. The third-order valence-electron chi connectivity index (χ3n) is 17.7. The Bertz CT molecular complexity index is 5690. The molecule has 522 valence electrons. The van der Waals surface area contributed by atoms with Gasteiger partial charge in [-0.1, -0.05) is 15.9 Å². The van der Waals surface area contributed by atoms with E-state index in [0.717, 1.165) is 39.7 Å². The molecular weight excluding hydrogens is 1580 g/mol. The summed E-state index contributed by atoms with van der Waals surface area (Å²) < 4.78 is 143. The second-order valence-corrected chi connectivity index (χ2v) is 35.2. The van der Waals surface area contributed by atoms with E-state index in [1.807, 2.05) is 12.1 Å². The van der Waals surface area contributed by atoms with Crippen LogP contribution in [0, 0.1) is 21.0 Å². The van der Waals surface area contributed by atoms with E-state index in [4.69, 9.17) is 0 Å². The molecule has 23 nitrogen and oxygen atoms in total. The van der Waals surface area contributed by atoms with Crippen molar-refractivity contribution in [2.24, 2.45) is 0 Å². The lowest BCUT2D eigenvalue weighted by molar-refractivity contribution is 0.0923.